The molecule has 0 aliphatic carbocycles. The van der Waals surface area contributed by atoms with Crippen LogP contribution in [0.4, 0.5) is 5.82 Å². The zero-order chi connectivity index (χ0) is 14.8. The summed E-state index contributed by atoms with van der Waals surface area (Å²) in [6, 6.07) is 4.65. The van der Waals surface area contributed by atoms with Gasteiger partial charge in [-0.25, -0.2) is 4.98 Å². The number of piperidine rings is 1. The van der Waals surface area contributed by atoms with E-state index in [0.29, 0.717) is 17.6 Å². The fourth-order valence-corrected chi connectivity index (χ4v) is 3.53. The molecule has 3 heterocycles. The van der Waals surface area contributed by atoms with Crippen LogP contribution < -0.4 is 10.6 Å². The van der Waals surface area contributed by atoms with E-state index in [1.807, 2.05) is 12.1 Å². The number of aromatic nitrogens is 1. The number of hydrogen-bond donors (Lipinski definition) is 2. The van der Waals surface area contributed by atoms with Crippen LogP contribution in [0.2, 0.25) is 0 Å². The number of piperazine rings is 1. The molecular formula is C15H23N5O. The van der Waals surface area contributed by atoms with Crippen LogP contribution in [0.5, 0.6) is 0 Å². The topological polar surface area (TPSA) is 78.0 Å². The highest BCUT2D eigenvalue weighted by atomic mass is 16.4. The molecule has 3 rings (SSSR count). The van der Waals surface area contributed by atoms with Crippen LogP contribution in [0.25, 0.3) is 0 Å². The third-order valence-corrected chi connectivity index (χ3v) is 4.63. The maximum Gasteiger partial charge on any atom is 0.173 e. The minimum atomic E-state index is 0.122. The molecule has 2 fully saturated rings. The summed E-state index contributed by atoms with van der Waals surface area (Å²) in [5, 5.41) is 12.1. The van der Waals surface area contributed by atoms with E-state index in [2.05, 4.69) is 26.9 Å². The number of nitrogens with zero attached hydrogens (tertiary/aromatic N) is 4. The van der Waals surface area contributed by atoms with Crippen molar-refractivity contribution in [2.24, 2.45) is 10.9 Å². The van der Waals surface area contributed by atoms with Crippen LogP contribution in [0.3, 0.4) is 0 Å². The molecule has 114 valence electrons. The summed E-state index contributed by atoms with van der Waals surface area (Å²) < 4.78 is 0. The summed E-state index contributed by atoms with van der Waals surface area (Å²) in [5.74, 6) is 0.946. The molecular weight excluding hydrogens is 266 g/mol. The van der Waals surface area contributed by atoms with E-state index in [4.69, 9.17) is 10.9 Å². The van der Waals surface area contributed by atoms with Gasteiger partial charge < -0.3 is 15.8 Å². The quantitative estimate of drug-likeness (QED) is 0.371. The van der Waals surface area contributed by atoms with Crippen molar-refractivity contribution in [2.75, 3.05) is 24.5 Å². The minimum Gasteiger partial charge on any atom is -0.409 e. The van der Waals surface area contributed by atoms with Gasteiger partial charge in [-0.05, 0) is 38.4 Å². The number of oxime groups is 1. The zero-order valence-electron chi connectivity index (χ0n) is 12.4. The van der Waals surface area contributed by atoms with E-state index in [-0.39, 0.29) is 5.84 Å². The largest absolute Gasteiger partial charge is 0.409 e. The Morgan fingerprint density at radius 1 is 1.43 bits per heavy atom. The number of hydrogen-bond acceptors (Lipinski definition) is 5. The average molecular weight is 289 g/mol. The lowest BCUT2D eigenvalue weighted by Gasteiger charge is -2.48. The molecule has 1 aromatic rings. The number of pyridine rings is 1. The molecule has 0 bridgehead atoms. The molecule has 0 amide bonds. The summed E-state index contributed by atoms with van der Waals surface area (Å²) in [6.45, 7) is 5.44. The average Bonchev–Trinajstić information content (AvgIpc) is 2.53. The van der Waals surface area contributed by atoms with Crippen LogP contribution in [0.15, 0.2) is 23.5 Å². The van der Waals surface area contributed by atoms with Crippen molar-refractivity contribution in [3.8, 4) is 0 Å². The second-order valence-electron chi connectivity index (χ2n) is 6.01. The smallest absolute Gasteiger partial charge is 0.173 e. The van der Waals surface area contributed by atoms with E-state index < -0.39 is 0 Å². The summed E-state index contributed by atoms with van der Waals surface area (Å²) in [6.07, 6.45) is 5.62. The van der Waals surface area contributed by atoms with Gasteiger partial charge in [-0.3, -0.25) is 4.90 Å². The normalized spacial score (nSPS) is 27.5. The molecule has 6 heteroatoms. The monoisotopic (exact) mass is 289 g/mol. The first kappa shape index (κ1) is 14.1. The van der Waals surface area contributed by atoms with Gasteiger partial charge in [0, 0.05) is 31.4 Å². The van der Waals surface area contributed by atoms with Gasteiger partial charge in [-0.1, -0.05) is 11.6 Å². The van der Waals surface area contributed by atoms with Gasteiger partial charge in [0.25, 0.3) is 0 Å². The maximum atomic E-state index is 8.97. The second-order valence-corrected chi connectivity index (χ2v) is 6.01. The lowest BCUT2D eigenvalue weighted by atomic mass is 9.97. The van der Waals surface area contributed by atoms with E-state index in [1.165, 1.54) is 25.8 Å². The second kappa shape index (κ2) is 5.89. The van der Waals surface area contributed by atoms with Crippen molar-refractivity contribution in [3.05, 3.63) is 23.9 Å². The van der Waals surface area contributed by atoms with Crippen molar-refractivity contribution >= 4 is 11.7 Å². The van der Waals surface area contributed by atoms with Crippen LogP contribution in [-0.4, -0.2) is 52.6 Å². The molecule has 0 aromatic carbocycles. The molecule has 21 heavy (non-hydrogen) atoms. The summed E-state index contributed by atoms with van der Waals surface area (Å²) in [4.78, 5) is 9.39. The van der Waals surface area contributed by atoms with Gasteiger partial charge in [0.15, 0.2) is 5.84 Å². The molecule has 0 spiro atoms. The molecule has 6 nitrogen and oxygen atoms in total. The Labute approximate surface area is 125 Å². The van der Waals surface area contributed by atoms with Crippen LogP contribution in [0, 0.1) is 0 Å². The lowest BCUT2D eigenvalue weighted by molar-refractivity contribution is 0.115. The molecule has 2 unspecified atom stereocenters. The number of rotatable bonds is 2. The number of anilines is 1. The summed E-state index contributed by atoms with van der Waals surface area (Å²) >= 11 is 0. The fraction of sp³-hybridized carbons (Fsp3) is 0.600. The van der Waals surface area contributed by atoms with Crippen molar-refractivity contribution in [1.82, 2.24) is 9.88 Å². The first-order chi connectivity index (χ1) is 10.2. The molecule has 1 aromatic heterocycles. The van der Waals surface area contributed by atoms with Gasteiger partial charge >= 0.3 is 0 Å². The highest BCUT2D eigenvalue weighted by Crippen LogP contribution is 2.28. The van der Waals surface area contributed by atoms with Crippen molar-refractivity contribution in [3.63, 3.8) is 0 Å². The third-order valence-electron chi connectivity index (χ3n) is 4.63. The van der Waals surface area contributed by atoms with E-state index in [0.717, 1.165) is 18.9 Å². The van der Waals surface area contributed by atoms with E-state index >= 15 is 0 Å². The standard InChI is InChI=1S/C15H23N5O/c1-11-9-19-8-3-2-5-12(19)10-20(11)15-13(14(16)18-21)6-4-7-17-15/h4,6-7,11-12,21H,2-3,5,8-10H2,1H3,(H2,16,18). The predicted octanol–water partition coefficient (Wildman–Crippen LogP) is 1.24. The van der Waals surface area contributed by atoms with Crippen LogP contribution >= 0.6 is 0 Å². The molecule has 2 aliphatic heterocycles. The molecule has 0 saturated carbocycles. The number of amidine groups is 1. The summed E-state index contributed by atoms with van der Waals surface area (Å²) in [7, 11) is 0. The van der Waals surface area contributed by atoms with Crippen molar-refractivity contribution in [2.45, 2.75) is 38.3 Å². The molecule has 0 radical (unpaired) electrons. The molecule has 2 saturated heterocycles. The van der Waals surface area contributed by atoms with Gasteiger partial charge in [-0.15, -0.1) is 0 Å². The number of fused-ring (bicyclic) bond motifs is 1. The van der Waals surface area contributed by atoms with Gasteiger partial charge in [0.2, 0.25) is 0 Å². The Hall–Kier alpha value is -1.82. The fourth-order valence-electron chi connectivity index (χ4n) is 3.53. The molecule has 2 aliphatic rings. The highest BCUT2D eigenvalue weighted by molar-refractivity contribution is 6.01. The van der Waals surface area contributed by atoms with Crippen molar-refractivity contribution < 1.29 is 5.21 Å². The Morgan fingerprint density at radius 2 is 2.29 bits per heavy atom. The van der Waals surface area contributed by atoms with E-state index in [9.17, 15) is 0 Å². The minimum absolute atomic E-state index is 0.122. The molecule has 2 atom stereocenters. The molecule has 3 N–H and O–H groups in total. The van der Waals surface area contributed by atoms with Crippen LogP contribution in [0.1, 0.15) is 31.7 Å². The first-order valence-corrected chi connectivity index (χ1v) is 7.64. The first-order valence-electron chi connectivity index (χ1n) is 7.64. The highest BCUT2D eigenvalue weighted by Gasteiger charge is 2.34. The van der Waals surface area contributed by atoms with Gasteiger partial charge in [-0.2, -0.15) is 0 Å². The van der Waals surface area contributed by atoms with Gasteiger partial charge in [0.05, 0.1) is 5.56 Å². The predicted molar refractivity (Wildman–Crippen MR) is 82.8 cm³/mol. The van der Waals surface area contributed by atoms with Crippen LogP contribution in [-0.2, 0) is 0 Å². The SMILES string of the molecule is CC1CN2CCCCC2CN1c1ncccc1/C(N)=N/O. The van der Waals surface area contributed by atoms with Gasteiger partial charge in [0.1, 0.15) is 5.82 Å². The summed E-state index contributed by atoms with van der Waals surface area (Å²) in [5.41, 5.74) is 6.51. The third kappa shape index (κ3) is 2.68. The van der Waals surface area contributed by atoms with Crippen molar-refractivity contribution in [1.29, 1.82) is 0 Å². The Morgan fingerprint density at radius 3 is 3.10 bits per heavy atom. The maximum absolute atomic E-state index is 8.97. The van der Waals surface area contributed by atoms with E-state index in [1.54, 1.807) is 6.20 Å². The lowest BCUT2D eigenvalue weighted by Crippen LogP contribution is -2.59. The Balaban J connectivity index is 1.89. The number of nitrogens with two attached hydrogens (primary N) is 1. The Bertz CT molecular complexity index is 533. The zero-order valence-corrected chi connectivity index (χ0v) is 12.4. The Kier molecular flexibility index (Phi) is 3.96.